The van der Waals surface area contributed by atoms with Crippen molar-refractivity contribution in [1.29, 1.82) is 0 Å². The van der Waals surface area contributed by atoms with Crippen LogP contribution in [0.15, 0.2) is 30.3 Å². The summed E-state index contributed by atoms with van der Waals surface area (Å²) in [6.45, 7) is 17.6. The van der Waals surface area contributed by atoms with Crippen molar-refractivity contribution in [2.45, 2.75) is 79.1 Å². The molecule has 0 aliphatic heterocycles. The quantitative estimate of drug-likeness (QED) is 0.383. The summed E-state index contributed by atoms with van der Waals surface area (Å²) in [5, 5.41) is 1.29. The van der Waals surface area contributed by atoms with Crippen molar-refractivity contribution in [3.8, 4) is 17.2 Å². The smallest absolute Gasteiger partial charge is 0.188 e. The van der Waals surface area contributed by atoms with Gasteiger partial charge >= 0.3 is 0 Å². The molecule has 0 spiro atoms. The van der Waals surface area contributed by atoms with E-state index in [1.807, 2.05) is 74.4 Å². The van der Waals surface area contributed by atoms with E-state index in [0.717, 1.165) is 0 Å². The third-order valence-electron chi connectivity index (χ3n) is 3.72. The van der Waals surface area contributed by atoms with Gasteiger partial charge in [0.2, 0.25) is 0 Å². The third kappa shape index (κ3) is 8.14. The summed E-state index contributed by atoms with van der Waals surface area (Å²) in [6, 6.07) is 8.66. The number of carbonyl (C=O) groups is 1. The Kier molecular flexibility index (Phi) is 8.19. The molecule has 7 heteroatoms. The molecule has 0 saturated heterocycles. The Morgan fingerprint density at radius 2 is 1.16 bits per heavy atom. The normalized spacial score (nSPS) is 12.8. The lowest BCUT2D eigenvalue weighted by Gasteiger charge is -2.29. The maximum absolute atomic E-state index is 13.3. The zero-order valence-electron chi connectivity index (χ0n) is 20.3. The molecule has 1 unspecified atom stereocenters. The van der Waals surface area contributed by atoms with E-state index in [2.05, 4.69) is 0 Å². The molecule has 2 aromatic carbocycles. The summed E-state index contributed by atoms with van der Waals surface area (Å²) in [5.74, 6) is 1.68. The van der Waals surface area contributed by atoms with E-state index in [0.29, 0.717) is 38.2 Å². The molecule has 0 aromatic heterocycles. The lowest BCUT2D eigenvalue weighted by Crippen LogP contribution is -2.29. The fraction of sp³-hybridized carbons (Fsp3) is 0.480. The van der Waals surface area contributed by atoms with Crippen molar-refractivity contribution in [3.63, 3.8) is 0 Å². The number of benzene rings is 2. The predicted octanol–water partition coefficient (Wildman–Crippen LogP) is 7.67. The van der Waals surface area contributed by atoms with Crippen molar-refractivity contribution in [1.82, 2.24) is 0 Å². The first-order valence-electron chi connectivity index (χ1n) is 10.5. The van der Waals surface area contributed by atoms with Crippen LogP contribution in [0.1, 0.15) is 72.7 Å². The SMILES string of the molecule is CC(C)(C)Oc1cc(OC(C)(C)C)c(PC(=O)c2c(Cl)cccc2Cl)c(OC(C)(C)C)c1. The lowest BCUT2D eigenvalue weighted by atomic mass is 10.1. The van der Waals surface area contributed by atoms with Crippen molar-refractivity contribution in [2.75, 3.05) is 0 Å². The molecule has 0 heterocycles. The zero-order valence-corrected chi connectivity index (χ0v) is 22.8. The van der Waals surface area contributed by atoms with Gasteiger partial charge in [-0.2, -0.15) is 0 Å². The summed E-state index contributed by atoms with van der Waals surface area (Å²) in [4.78, 5) is 13.3. The van der Waals surface area contributed by atoms with Gasteiger partial charge in [-0.15, -0.1) is 0 Å². The number of halogens is 2. The van der Waals surface area contributed by atoms with Crippen molar-refractivity contribution in [3.05, 3.63) is 45.9 Å². The summed E-state index contributed by atoms with van der Waals surface area (Å²) in [5.41, 5.74) is -1.30. The maximum Gasteiger partial charge on any atom is 0.188 e. The van der Waals surface area contributed by atoms with Crippen LogP contribution in [0.3, 0.4) is 0 Å². The van der Waals surface area contributed by atoms with Gasteiger partial charge < -0.3 is 14.2 Å². The minimum atomic E-state index is -0.496. The molecular formula is C25H33Cl2O4P. The maximum atomic E-state index is 13.3. The van der Waals surface area contributed by atoms with Gasteiger partial charge in [0, 0.05) is 12.1 Å². The van der Waals surface area contributed by atoms with Crippen LogP contribution < -0.4 is 19.5 Å². The lowest BCUT2D eigenvalue weighted by molar-refractivity contribution is 0.107. The van der Waals surface area contributed by atoms with Gasteiger partial charge in [-0.05, 0) is 83.0 Å². The van der Waals surface area contributed by atoms with E-state index >= 15 is 0 Å². The van der Waals surface area contributed by atoms with Crippen LogP contribution in [0.25, 0.3) is 0 Å². The number of ether oxygens (including phenoxy) is 3. The van der Waals surface area contributed by atoms with Crippen molar-refractivity contribution in [2.24, 2.45) is 0 Å². The highest BCUT2D eigenvalue weighted by Gasteiger charge is 2.27. The Labute approximate surface area is 203 Å². The van der Waals surface area contributed by atoms with E-state index in [1.54, 1.807) is 18.2 Å². The van der Waals surface area contributed by atoms with Crippen LogP contribution in [0.5, 0.6) is 17.2 Å². The molecule has 0 saturated carbocycles. The second kappa shape index (κ2) is 9.79. The Balaban J connectivity index is 2.66. The molecule has 0 fully saturated rings. The Morgan fingerprint density at radius 1 is 0.750 bits per heavy atom. The predicted molar refractivity (Wildman–Crippen MR) is 136 cm³/mol. The van der Waals surface area contributed by atoms with Gasteiger partial charge in [-0.25, -0.2) is 0 Å². The number of rotatable bonds is 6. The monoisotopic (exact) mass is 498 g/mol. The minimum Gasteiger partial charge on any atom is -0.488 e. The van der Waals surface area contributed by atoms with Gasteiger partial charge in [-0.3, -0.25) is 4.79 Å². The van der Waals surface area contributed by atoms with Gasteiger partial charge in [-0.1, -0.05) is 29.3 Å². The van der Waals surface area contributed by atoms with Crippen LogP contribution in [-0.2, 0) is 0 Å². The average Bonchev–Trinajstić information content (AvgIpc) is 2.53. The molecule has 0 aliphatic carbocycles. The molecule has 0 bridgehead atoms. The highest BCUT2D eigenvalue weighted by atomic mass is 35.5. The van der Waals surface area contributed by atoms with E-state index in [1.165, 1.54) is 0 Å². The fourth-order valence-corrected chi connectivity index (χ4v) is 4.65. The summed E-state index contributed by atoms with van der Waals surface area (Å²) >= 11 is 12.6. The second-order valence-corrected chi connectivity index (χ2v) is 12.5. The molecule has 2 rings (SSSR count). The van der Waals surface area contributed by atoms with E-state index in [9.17, 15) is 4.79 Å². The first kappa shape index (κ1) is 26.8. The van der Waals surface area contributed by atoms with Gasteiger partial charge in [0.05, 0.1) is 20.9 Å². The molecule has 0 radical (unpaired) electrons. The van der Waals surface area contributed by atoms with E-state index < -0.39 is 16.8 Å². The van der Waals surface area contributed by atoms with Crippen molar-refractivity contribution < 1.29 is 19.0 Å². The minimum absolute atomic E-state index is 0.192. The molecule has 1 atom stereocenters. The first-order valence-corrected chi connectivity index (χ1v) is 12.2. The van der Waals surface area contributed by atoms with E-state index in [4.69, 9.17) is 37.4 Å². The molecule has 0 aliphatic rings. The topological polar surface area (TPSA) is 44.8 Å². The van der Waals surface area contributed by atoms with Crippen LogP contribution in [0.4, 0.5) is 0 Å². The highest BCUT2D eigenvalue weighted by molar-refractivity contribution is 7.66. The number of carbonyl (C=O) groups excluding carboxylic acids is 1. The van der Waals surface area contributed by atoms with Crippen LogP contribution >= 0.6 is 31.8 Å². The zero-order chi connectivity index (χ0) is 24.5. The Morgan fingerprint density at radius 3 is 1.53 bits per heavy atom. The molecule has 176 valence electrons. The average molecular weight is 499 g/mol. The molecular weight excluding hydrogens is 466 g/mol. The summed E-state index contributed by atoms with van der Waals surface area (Å²) in [7, 11) is -0.311. The van der Waals surface area contributed by atoms with Gasteiger partial charge in [0.25, 0.3) is 0 Å². The van der Waals surface area contributed by atoms with Crippen LogP contribution in [-0.4, -0.2) is 22.3 Å². The summed E-state index contributed by atoms with van der Waals surface area (Å²) in [6.07, 6.45) is 0. The fourth-order valence-electron chi connectivity index (χ4n) is 2.81. The highest BCUT2D eigenvalue weighted by Crippen LogP contribution is 2.39. The largest absolute Gasteiger partial charge is 0.488 e. The van der Waals surface area contributed by atoms with Gasteiger partial charge in [0.15, 0.2) is 5.52 Å². The second-order valence-electron chi connectivity index (χ2n) is 10.5. The standard InChI is InChI=1S/C25H33Cl2O4P/c1-23(2,3)29-15-13-18(30-24(4,5)6)21(19(14-15)31-25(7,8)9)32-22(28)20-16(26)11-10-12-17(20)27/h10-14,32H,1-9H3. The van der Waals surface area contributed by atoms with E-state index in [-0.39, 0.29) is 14.1 Å². The molecule has 2 aromatic rings. The molecule has 0 amide bonds. The Hall–Kier alpha value is -1.48. The van der Waals surface area contributed by atoms with Crippen molar-refractivity contribution >= 4 is 42.6 Å². The first-order chi connectivity index (χ1) is 14.5. The van der Waals surface area contributed by atoms with Crippen LogP contribution in [0.2, 0.25) is 10.0 Å². The number of hydrogen-bond donors (Lipinski definition) is 0. The number of hydrogen-bond acceptors (Lipinski definition) is 4. The van der Waals surface area contributed by atoms with Crippen LogP contribution in [0, 0.1) is 0 Å². The Bertz CT molecular complexity index is 926. The molecule has 0 N–H and O–H groups in total. The van der Waals surface area contributed by atoms with Gasteiger partial charge in [0.1, 0.15) is 34.1 Å². The third-order valence-corrected chi connectivity index (χ3v) is 5.57. The molecule has 32 heavy (non-hydrogen) atoms. The molecule has 4 nitrogen and oxygen atoms in total. The summed E-state index contributed by atoms with van der Waals surface area (Å²) < 4.78 is 18.6.